The molecule has 9 heteroatoms. The average molecular weight is 363 g/mol. The second kappa shape index (κ2) is 5.51. The normalized spacial score (nSPS) is 13.3. The molecule has 108 valence electrons. The van der Waals surface area contributed by atoms with Gasteiger partial charge in [-0.05, 0) is 35.0 Å². The number of nitrogens with zero attached hydrogens (tertiary/aromatic N) is 1. The molecule has 1 unspecified atom stereocenters. The molecule has 0 aliphatic heterocycles. The monoisotopic (exact) mass is 362 g/mol. The predicted molar refractivity (Wildman–Crippen MR) is 75.8 cm³/mol. The number of hydrogen-bond donors (Lipinski definition) is 3. The van der Waals surface area contributed by atoms with Gasteiger partial charge in [-0.1, -0.05) is 0 Å². The van der Waals surface area contributed by atoms with Gasteiger partial charge in [-0.25, -0.2) is 17.5 Å². The Labute approximate surface area is 123 Å². The van der Waals surface area contributed by atoms with E-state index in [1.165, 1.54) is 6.20 Å². The molecular weight excluding hydrogens is 351 g/mol. The van der Waals surface area contributed by atoms with Crippen LogP contribution in [0.25, 0.3) is 0 Å². The zero-order valence-corrected chi connectivity index (χ0v) is 12.8. The van der Waals surface area contributed by atoms with Crippen LogP contribution < -0.4 is 10.5 Å². The zero-order chi connectivity index (χ0) is 14.9. The standard InChI is InChI=1S/C11H12BrFN4O2S/c1-6(7-4-15-16-5-7)17-20(18,19)11-3-10(14)9(13)2-8(11)12/h2-6,17H,14H2,1H3,(H,15,16). The van der Waals surface area contributed by atoms with Crippen molar-refractivity contribution in [3.8, 4) is 0 Å². The molecule has 2 rings (SSSR count). The van der Waals surface area contributed by atoms with Crippen molar-refractivity contribution in [2.24, 2.45) is 0 Å². The Morgan fingerprint density at radius 3 is 2.80 bits per heavy atom. The summed E-state index contributed by atoms with van der Waals surface area (Å²) in [5, 5.41) is 6.35. The largest absolute Gasteiger partial charge is 0.396 e. The smallest absolute Gasteiger partial charge is 0.242 e. The highest BCUT2D eigenvalue weighted by Gasteiger charge is 2.22. The average Bonchev–Trinajstić information content (AvgIpc) is 2.86. The zero-order valence-electron chi connectivity index (χ0n) is 10.4. The van der Waals surface area contributed by atoms with Crippen LogP contribution in [0.1, 0.15) is 18.5 Å². The van der Waals surface area contributed by atoms with Crippen molar-refractivity contribution in [2.75, 3.05) is 5.73 Å². The van der Waals surface area contributed by atoms with Crippen molar-refractivity contribution in [1.82, 2.24) is 14.9 Å². The summed E-state index contributed by atoms with van der Waals surface area (Å²) >= 11 is 3.02. The van der Waals surface area contributed by atoms with E-state index in [-0.39, 0.29) is 15.1 Å². The van der Waals surface area contributed by atoms with Crippen molar-refractivity contribution < 1.29 is 12.8 Å². The highest BCUT2D eigenvalue weighted by atomic mass is 79.9. The predicted octanol–water partition coefficient (Wildman–Crippen LogP) is 1.93. The summed E-state index contributed by atoms with van der Waals surface area (Å²) in [6.45, 7) is 1.67. The van der Waals surface area contributed by atoms with Crippen LogP contribution in [0, 0.1) is 5.82 Å². The number of rotatable bonds is 4. The lowest BCUT2D eigenvalue weighted by molar-refractivity contribution is 0.566. The number of hydrogen-bond acceptors (Lipinski definition) is 4. The summed E-state index contributed by atoms with van der Waals surface area (Å²) in [5.74, 6) is -0.682. The van der Waals surface area contributed by atoms with Gasteiger partial charge >= 0.3 is 0 Å². The molecule has 1 aromatic carbocycles. The molecule has 6 nitrogen and oxygen atoms in total. The minimum absolute atomic E-state index is 0.107. The Hall–Kier alpha value is -1.45. The number of benzene rings is 1. The number of nitrogens with one attached hydrogen (secondary N) is 2. The summed E-state index contributed by atoms with van der Waals surface area (Å²) in [5.41, 5.74) is 5.86. The Morgan fingerprint density at radius 1 is 1.50 bits per heavy atom. The molecule has 0 spiro atoms. The maximum atomic E-state index is 13.3. The van der Waals surface area contributed by atoms with E-state index in [1.54, 1.807) is 13.1 Å². The molecule has 0 saturated heterocycles. The lowest BCUT2D eigenvalue weighted by Gasteiger charge is -2.14. The maximum Gasteiger partial charge on any atom is 0.242 e. The number of aromatic amines is 1. The van der Waals surface area contributed by atoms with Crippen LogP contribution in [0.3, 0.4) is 0 Å². The van der Waals surface area contributed by atoms with Gasteiger partial charge in [0, 0.05) is 22.3 Å². The van der Waals surface area contributed by atoms with Gasteiger partial charge in [0.25, 0.3) is 0 Å². The van der Waals surface area contributed by atoms with Gasteiger partial charge in [-0.3, -0.25) is 5.10 Å². The molecule has 1 heterocycles. The fourth-order valence-electron chi connectivity index (χ4n) is 1.61. The number of nitrogens with two attached hydrogens (primary N) is 1. The second-order valence-corrected chi connectivity index (χ2v) is 6.72. The molecular formula is C11H12BrFN4O2S. The first-order chi connectivity index (χ1) is 9.31. The van der Waals surface area contributed by atoms with Crippen LogP contribution in [0.5, 0.6) is 0 Å². The first-order valence-corrected chi connectivity index (χ1v) is 7.84. The summed E-state index contributed by atoms with van der Waals surface area (Å²) in [4.78, 5) is -0.119. The lowest BCUT2D eigenvalue weighted by Crippen LogP contribution is -2.27. The minimum atomic E-state index is -3.84. The third-order valence-electron chi connectivity index (χ3n) is 2.69. The van der Waals surface area contributed by atoms with Crippen LogP contribution in [-0.4, -0.2) is 18.6 Å². The quantitative estimate of drug-likeness (QED) is 0.723. The maximum absolute atomic E-state index is 13.3. The fourth-order valence-corrected chi connectivity index (χ4v) is 3.89. The summed E-state index contributed by atoms with van der Waals surface area (Å²) < 4.78 is 40.4. The molecule has 4 N–H and O–H groups in total. The topological polar surface area (TPSA) is 101 Å². The minimum Gasteiger partial charge on any atom is -0.396 e. The van der Waals surface area contributed by atoms with Gasteiger partial charge in [0.1, 0.15) is 5.82 Å². The molecule has 20 heavy (non-hydrogen) atoms. The number of aromatic nitrogens is 2. The van der Waals surface area contributed by atoms with E-state index >= 15 is 0 Å². The van der Waals surface area contributed by atoms with Crippen molar-refractivity contribution in [3.05, 3.63) is 40.4 Å². The molecule has 0 aliphatic carbocycles. The van der Waals surface area contributed by atoms with Crippen LogP contribution in [0.4, 0.5) is 10.1 Å². The first kappa shape index (κ1) is 14.9. The van der Waals surface area contributed by atoms with E-state index in [9.17, 15) is 12.8 Å². The highest BCUT2D eigenvalue weighted by molar-refractivity contribution is 9.10. The third-order valence-corrected chi connectivity index (χ3v) is 5.19. The number of halogens is 2. The van der Waals surface area contributed by atoms with E-state index in [1.807, 2.05) is 0 Å². The van der Waals surface area contributed by atoms with Gasteiger partial charge in [-0.2, -0.15) is 5.10 Å². The number of anilines is 1. The molecule has 1 atom stereocenters. The van der Waals surface area contributed by atoms with Crippen LogP contribution >= 0.6 is 15.9 Å². The van der Waals surface area contributed by atoms with E-state index in [0.717, 1.165) is 12.1 Å². The Morgan fingerprint density at radius 2 is 2.20 bits per heavy atom. The Balaban J connectivity index is 2.34. The van der Waals surface area contributed by atoms with Crippen molar-refractivity contribution in [2.45, 2.75) is 17.9 Å². The van der Waals surface area contributed by atoms with Crippen molar-refractivity contribution >= 4 is 31.6 Å². The summed E-state index contributed by atoms with van der Waals surface area (Å²) in [7, 11) is -3.84. The van der Waals surface area contributed by atoms with E-state index < -0.39 is 21.9 Å². The van der Waals surface area contributed by atoms with Crippen LogP contribution in [0.2, 0.25) is 0 Å². The molecule has 1 aromatic heterocycles. The molecule has 0 radical (unpaired) electrons. The lowest BCUT2D eigenvalue weighted by atomic mass is 10.2. The number of sulfonamides is 1. The third kappa shape index (κ3) is 3.00. The van der Waals surface area contributed by atoms with Gasteiger partial charge in [0.05, 0.1) is 16.8 Å². The molecule has 0 amide bonds. The number of H-pyrrole nitrogens is 1. The Kier molecular flexibility index (Phi) is 4.11. The van der Waals surface area contributed by atoms with E-state index in [2.05, 4.69) is 30.8 Å². The van der Waals surface area contributed by atoms with Crippen LogP contribution in [-0.2, 0) is 10.0 Å². The molecule has 0 aliphatic rings. The molecule has 0 bridgehead atoms. The first-order valence-electron chi connectivity index (χ1n) is 5.57. The van der Waals surface area contributed by atoms with Crippen molar-refractivity contribution in [1.29, 1.82) is 0 Å². The summed E-state index contributed by atoms with van der Waals surface area (Å²) in [6.07, 6.45) is 3.10. The molecule has 0 fully saturated rings. The molecule has 2 aromatic rings. The van der Waals surface area contributed by atoms with E-state index in [0.29, 0.717) is 5.56 Å². The Bertz CT molecular complexity index is 718. The second-order valence-electron chi connectivity index (χ2n) is 4.18. The fraction of sp³-hybridized carbons (Fsp3) is 0.182. The van der Waals surface area contributed by atoms with E-state index in [4.69, 9.17) is 5.73 Å². The van der Waals surface area contributed by atoms with Gasteiger partial charge in [0.15, 0.2) is 0 Å². The van der Waals surface area contributed by atoms with Gasteiger partial charge in [-0.15, -0.1) is 0 Å². The van der Waals surface area contributed by atoms with Gasteiger partial charge in [0.2, 0.25) is 10.0 Å². The molecule has 0 saturated carbocycles. The number of nitrogen functional groups attached to an aromatic ring is 1. The van der Waals surface area contributed by atoms with Crippen molar-refractivity contribution in [3.63, 3.8) is 0 Å². The summed E-state index contributed by atoms with van der Waals surface area (Å²) in [6, 6.07) is 1.60. The highest BCUT2D eigenvalue weighted by Crippen LogP contribution is 2.27. The van der Waals surface area contributed by atoms with Crippen LogP contribution in [0.15, 0.2) is 33.9 Å². The van der Waals surface area contributed by atoms with Gasteiger partial charge < -0.3 is 5.73 Å². The SMILES string of the molecule is CC(NS(=O)(=O)c1cc(N)c(F)cc1Br)c1cn[nH]c1.